The van der Waals surface area contributed by atoms with Crippen LogP contribution < -0.4 is 0 Å². The Morgan fingerprint density at radius 3 is 2.50 bits per heavy atom. The van der Waals surface area contributed by atoms with E-state index >= 15 is 0 Å². The van der Waals surface area contributed by atoms with Gasteiger partial charge in [-0.15, -0.1) is 5.92 Å². The summed E-state index contributed by atoms with van der Waals surface area (Å²) in [6, 6.07) is 0. The molecule has 0 saturated carbocycles. The number of carbonyl (C=O) groups excluding carboxylic acids is 1. The quantitative estimate of drug-likeness (QED) is 0.388. The Bertz CT molecular complexity index is 293. The van der Waals surface area contributed by atoms with Crippen LogP contribution >= 0.6 is 0 Å². The molecular formula is C7H10O4S. The van der Waals surface area contributed by atoms with Crippen molar-refractivity contribution in [2.75, 3.05) is 5.75 Å². The van der Waals surface area contributed by atoms with Crippen LogP contribution in [-0.2, 0) is 14.9 Å². The van der Waals surface area contributed by atoms with Crippen molar-refractivity contribution in [3.05, 3.63) is 0 Å². The first-order valence-electron chi connectivity index (χ1n) is 3.30. The Labute approximate surface area is 71.7 Å². The molecule has 1 atom stereocenters. The van der Waals surface area contributed by atoms with E-state index in [1.165, 1.54) is 0 Å². The van der Waals surface area contributed by atoms with Crippen LogP contribution in [0.15, 0.2) is 0 Å². The first-order valence-corrected chi connectivity index (χ1v) is 4.91. The lowest BCUT2D eigenvalue weighted by molar-refractivity contribution is -0.108. The summed E-state index contributed by atoms with van der Waals surface area (Å²) in [7, 11) is -4.03. The smallest absolute Gasteiger partial charge is 0.266 e. The molecule has 1 unspecified atom stereocenters. The lowest BCUT2D eigenvalue weighted by Crippen LogP contribution is -2.14. The van der Waals surface area contributed by atoms with Crippen molar-refractivity contribution in [1.82, 2.24) is 0 Å². The molecule has 0 aromatic heterocycles. The lowest BCUT2D eigenvalue weighted by atomic mass is 10.1. The summed E-state index contributed by atoms with van der Waals surface area (Å²) in [6.07, 6.45) is 0.612. The molecule has 0 aromatic carbocycles. The van der Waals surface area contributed by atoms with Crippen molar-refractivity contribution < 1.29 is 17.8 Å². The van der Waals surface area contributed by atoms with Crippen LogP contribution in [0.4, 0.5) is 0 Å². The molecule has 4 nitrogen and oxygen atoms in total. The SMILES string of the molecule is CC#CC(CC=O)CS(=O)(=O)O. The van der Waals surface area contributed by atoms with Crippen molar-refractivity contribution in [1.29, 1.82) is 0 Å². The molecule has 68 valence electrons. The Hall–Kier alpha value is -0.860. The highest BCUT2D eigenvalue weighted by molar-refractivity contribution is 7.85. The summed E-state index contributed by atoms with van der Waals surface area (Å²) in [5.74, 6) is 3.94. The summed E-state index contributed by atoms with van der Waals surface area (Å²) >= 11 is 0. The molecule has 0 bridgehead atoms. The fourth-order valence-electron chi connectivity index (χ4n) is 0.743. The van der Waals surface area contributed by atoms with Crippen molar-refractivity contribution in [3.8, 4) is 11.8 Å². The van der Waals surface area contributed by atoms with Crippen LogP contribution in [0.1, 0.15) is 13.3 Å². The third kappa shape index (κ3) is 5.89. The second-order valence-electron chi connectivity index (χ2n) is 2.24. The zero-order chi connectivity index (χ0) is 9.61. The van der Waals surface area contributed by atoms with Gasteiger partial charge in [0.2, 0.25) is 0 Å². The van der Waals surface area contributed by atoms with Gasteiger partial charge in [-0.2, -0.15) is 8.42 Å². The first-order chi connectivity index (χ1) is 5.49. The number of rotatable bonds is 4. The highest BCUT2D eigenvalue weighted by Crippen LogP contribution is 2.02. The minimum Gasteiger partial charge on any atom is -0.303 e. The standard InChI is InChI=1S/C7H10O4S/c1-2-3-7(4-5-8)6-12(9,10)11/h5,7H,4,6H2,1H3,(H,9,10,11). The first kappa shape index (κ1) is 11.1. The zero-order valence-corrected chi connectivity index (χ0v) is 7.47. The Morgan fingerprint density at radius 2 is 2.17 bits per heavy atom. The topological polar surface area (TPSA) is 71.4 Å². The van der Waals surface area contributed by atoms with Crippen molar-refractivity contribution >= 4 is 16.4 Å². The van der Waals surface area contributed by atoms with Gasteiger partial charge in [0.05, 0.1) is 5.75 Å². The maximum absolute atomic E-state index is 10.4. The Balaban J connectivity index is 4.30. The van der Waals surface area contributed by atoms with Gasteiger partial charge < -0.3 is 4.79 Å². The molecule has 1 N–H and O–H groups in total. The van der Waals surface area contributed by atoms with Gasteiger partial charge in [0.1, 0.15) is 6.29 Å². The molecule has 0 radical (unpaired) electrons. The van der Waals surface area contributed by atoms with Crippen LogP contribution in [0.25, 0.3) is 0 Å². The predicted molar refractivity (Wildman–Crippen MR) is 44.0 cm³/mol. The molecule has 0 saturated heterocycles. The fraction of sp³-hybridized carbons (Fsp3) is 0.571. The fourth-order valence-corrected chi connectivity index (χ4v) is 1.47. The summed E-state index contributed by atoms with van der Waals surface area (Å²) in [5.41, 5.74) is 0. The average Bonchev–Trinajstić information content (AvgIpc) is 1.84. The highest BCUT2D eigenvalue weighted by atomic mass is 32.2. The third-order valence-corrected chi connectivity index (χ3v) is 1.96. The minimum atomic E-state index is -4.03. The number of carbonyl (C=O) groups is 1. The van der Waals surface area contributed by atoms with Gasteiger partial charge in [-0.3, -0.25) is 4.55 Å². The van der Waals surface area contributed by atoms with E-state index in [2.05, 4.69) is 11.8 Å². The summed E-state index contributed by atoms with van der Waals surface area (Å²) in [6.45, 7) is 1.54. The molecule has 0 amide bonds. The molecule has 0 rings (SSSR count). The minimum absolute atomic E-state index is 0.0284. The maximum atomic E-state index is 10.4. The molecule has 12 heavy (non-hydrogen) atoms. The van der Waals surface area contributed by atoms with Gasteiger partial charge in [0, 0.05) is 12.3 Å². The monoisotopic (exact) mass is 190 g/mol. The molecule has 0 spiro atoms. The van der Waals surface area contributed by atoms with Crippen molar-refractivity contribution in [3.63, 3.8) is 0 Å². The largest absolute Gasteiger partial charge is 0.303 e. The highest BCUT2D eigenvalue weighted by Gasteiger charge is 2.13. The summed E-state index contributed by atoms with van der Waals surface area (Å²) in [4.78, 5) is 10.0. The predicted octanol–water partition coefficient (Wildman–Crippen LogP) is 0.103. The number of hydrogen-bond donors (Lipinski definition) is 1. The third-order valence-electron chi connectivity index (χ3n) is 1.14. The van der Waals surface area contributed by atoms with E-state index < -0.39 is 21.8 Å². The second kappa shape index (κ2) is 4.91. The van der Waals surface area contributed by atoms with Crippen LogP contribution in [0, 0.1) is 17.8 Å². The Morgan fingerprint density at radius 1 is 1.58 bits per heavy atom. The van der Waals surface area contributed by atoms with E-state index in [0.717, 1.165) is 0 Å². The van der Waals surface area contributed by atoms with E-state index in [1.807, 2.05) is 0 Å². The average molecular weight is 190 g/mol. The molecule has 0 aliphatic carbocycles. The van der Waals surface area contributed by atoms with Crippen molar-refractivity contribution in [2.24, 2.45) is 5.92 Å². The molecule has 0 aliphatic rings. The summed E-state index contributed by atoms with van der Waals surface area (Å²) < 4.78 is 29.2. The zero-order valence-electron chi connectivity index (χ0n) is 6.65. The van der Waals surface area contributed by atoms with Gasteiger partial charge in [-0.1, -0.05) is 5.92 Å². The number of aldehydes is 1. The lowest BCUT2D eigenvalue weighted by Gasteiger charge is -2.02. The van der Waals surface area contributed by atoms with E-state index in [4.69, 9.17) is 4.55 Å². The van der Waals surface area contributed by atoms with Crippen LogP contribution in [0.3, 0.4) is 0 Å². The molecule has 0 fully saturated rings. The molecule has 0 heterocycles. The van der Waals surface area contributed by atoms with Crippen LogP contribution in [0.5, 0.6) is 0 Å². The molecule has 5 heteroatoms. The van der Waals surface area contributed by atoms with Gasteiger partial charge in [0.25, 0.3) is 10.1 Å². The molecule has 0 aliphatic heterocycles. The maximum Gasteiger partial charge on any atom is 0.266 e. The molecule has 0 aromatic rings. The Kier molecular flexibility index (Phi) is 4.55. The van der Waals surface area contributed by atoms with Gasteiger partial charge in [0.15, 0.2) is 0 Å². The van der Waals surface area contributed by atoms with Crippen LogP contribution in [-0.4, -0.2) is 25.0 Å². The van der Waals surface area contributed by atoms with Gasteiger partial charge >= 0.3 is 0 Å². The van der Waals surface area contributed by atoms with Crippen LogP contribution in [0.2, 0.25) is 0 Å². The van der Waals surface area contributed by atoms with E-state index in [-0.39, 0.29) is 6.42 Å². The second-order valence-corrected chi connectivity index (χ2v) is 3.74. The van der Waals surface area contributed by atoms with E-state index in [0.29, 0.717) is 6.29 Å². The van der Waals surface area contributed by atoms with Gasteiger partial charge in [-0.05, 0) is 6.92 Å². The number of hydrogen-bond acceptors (Lipinski definition) is 3. The normalized spacial score (nSPS) is 12.8. The van der Waals surface area contributed by atoms with E-state index in [9.17, 15) is 13.2 Å². The van der Waals surface area contributed by atoms with Crippen molar-refractivity contribution in [2.45, 2.75) is 13.3 Å². The van der Waals surface area contributed by atoms with Gasteiger partial charge in [-0.25, -0.2) is 0 Å². The summed E-state index contributed by atoms with van der Waals surface area (Å²) in [5, 5.41) is 0. The van der Waals surface area contributed by atoms with E-state index in [1.54, 1.807) is 6.92 Å². The molecular weight excluding hydrogens is 180 g/mol.